The zero-order valence-electron chi connectivity index (χ0n) is 17.0. The summed E-state index contributed by atoms with van der Waals surface area (Å²) in [7, 11) is -0.266. The molecule has 0 nitrogen and oxygen atoms in total. The van der Waals surface area contributed by atoms with Gasteiger partial charge in [-0.25, -0.2) is 0 Å². The summed E-state index contributed by atoms with van der Waals surface area (Å²) in [5, 5.41) is 4.88. The maximum Gasteiger partial charge on any atom is 0 e. The molecule has 3 aromatic rings. The van der Waals surface area contributed by atoms with Crippen LogP contribution >= 0.6 is 7.92 Å². The second-order valence-electron chi connectivity index (χ2n) is 8.57. The molecule has 0 aromatic heterocycles. The quantitative estimate of drug-likeness (QED) is 0.239. The van der Waals surface area contributed by atoms with Crippen LogP contribution in [0.25, 0.3) is 21.9 Å². The van der Waals surface area contributed by atoms with Crippen molar-refractivity contribution < 1.29 is 50.7 Å². The van der Waals surface area contributed by atoms with Crippen molar-refractivity contribution in [1.29, 1.82) is 0 Å². The van der Waals surface area contributed by atoms with E-state index in [9.17, 15) is 0 Å². The van der Waals surface area contributed by atoms with Crippen LogP contribution in [0.4, 0.5) is 0 Å². The zero-order chi connectivity index (χ0) is 17.5. The van der Waals surface area contributed by atoms with Crippen molar-refractivity contribution in [2.75, 3.05) is 0 Å². The fraction of sp³-hybridized carbons (Fsp3) is 0.348. The molecular formula is C23H28Cl2HfP-3. The third-order valence-electron chi connectivity index (χ3n) is 4.42. The summed E-state index contributed by atoms with van der Waals surface area (Å²) in [6, 6.07) is 22.3. The largest absolute Gasteiger partial charge is 1.00 e. The second kappa shape index (κ2) is 10.1. The van der Waals surface area contributed by atoms with E-state index in [-0.39, 0.29) is 58.6 Å². The van der Waals surface area contributed by atoms with Crippen LogP contribution in [0.5, 0.6) is 0 Å². The molecule has 0 N–H and O–H groups in total. The predicted molar refractivity (Wildman–Crippen MR) is 111 cm³/mol. The fourth-order valence-corrected chi connectivity index (χ4v) is 8.09. The van der Waals surface area contributed by atoms with Crippen molar-refractivity contribution in [1.82, 2.24) is 0 Å². The number of benzene rings is 2. The van der Waals surface area contributed by atoms with Crippen LogP contribution in [0.3, 0.4) is 0 Å². The SMILES string of the molecule is CC(C)(C)P(c1cc2c(-c3ccccc3)cccc2[cH-]1)C(C)(C)C.[Cl-].[Cl-].[Hf]. The van der Waals surface area contributed by atoms with E-state index in [1.54, 1.807) is 0 Å². The third kappa shape index (κ3) is 5.96. The van der Waals surface area contributed by atoms with Gasteiger partial charge in [-0.2, -0.15) is 6.07 Å². The molecule has 3 rings (SSSR count). The predicted octanol–water partition coefficient (Wildman–Crippen LogP) is 0.935. The van der Waals surface area contributed by atoms with Gasteiger partial charge in [0.2, 0.25) is 0 Å². The van der Waals surface area contributed by atoms with E-state index >= 15 is 0 Å². The van der Waals surface area contributed by atoms with E-state index < -0.39 is 0 Å². The van der Waals surface area contributed by atoms with Crippen LogP contribution in [0.2, 0.25) is 0 Å². The van der Waals surface area contributed by atoms with E-state index in [1.807, 2.05) is 0 Å². The fourth-order valence-electron chi connectivity index (χ4n) is 4.00. The molecule has 0 aliphatic carbocycles. The Kier molecular flexibility index (Phi) is 10.1. The third-order valence-corrected chi connectivity index (χ3v) is 7.88. The summed E-state index contributed by atoms with van der Waals surface area (Å²) in [6.07, 6.45) is 0. The molecule has 0 fully saturated rings. The van der Waals surface area contributed by atoms with Gasteiger partial charge in [0.25, 0.3) is 0 Å². The molecule has 0 spiro atoms. The normalized spacial score (nSPS) is 11.5. The van der Waals surface area contributed by atoms with E-state index in [0.29, 0.717) is 10.3 Å². The van der Waals surface area contributed by atoms with Crippen molar-refractivity contribution in [3.63, 3.8) is 0 Å². The molecule has 27 heavy (non-hydrogen) atoms. The number of hydrogen-bond acceptors (Lipinski definition) is 0. The van der Waals surface area contributed by atoms with Gasteiger partial charge < -0.3 is 24.8 Å². The number of hydrogen-bond donors (Lipinski definition) is 0. The first kappa shape index (κ1) is 26.9. The molecule has 0 saturated heterocycles. The van der Waals surface area contributed by atoms with E-state index in [4.69, 9.17) is 0 Å². The molecule has 0 heterocycles. The summed E-state index contributed by atoms with van der Waals surface area (Å²) in [5.74, 6) is 0. The molecule has 146 valence electrons. The van der Waals surface area contributed by atoms with Gasteiger partial charge >= 0.3 is 0 Å². The molecule has 0 atom stereocenters. The topological polar surface area (TPSA) is 0 Å². The van der Waals surface area contributed by atoms with E-state index in [0.717, 1.165) is 0 Å². The van der Waals surface area contributed by atoms with Crippen LogP contribution in [-0.2, 0) is 25.8 Å². The van der Waals surface area contributed by atoms with Crippen LogP contribution in [0.15, 0.2) is 60.7 Å². The van der Waals surface area contributed by atoms with Crippen LogP contribution in [-0.4, -0.2) is 10.3 Å². The maximum absolute atomic E-state index is 2.46. The number of rotatable bonds is 2. The average molecular weight is 585 g/mol. The number of halogens is 2. The van der Waals surface area contributed by atoms with Gasteiger partial charge in [-0.1, -0.05) is 91.4 Å². The molecule has 3 aromatic carbocycles. The molecule has 0 aliphatic rings. The van der Waals surface area contributed by atoms with Crippen molar-refractivity contribution in [3.8, 4) is 11.1 Å². The standard InChI is InChI=1S/C23H28P.2ClH.Hf/c1-22(2,3)24(23(4,5)6)19-15-18-13-10-14-20(21(18)16-19)17-11-8-7-9-12-17;;;/h7-16H,1-6H3;2*1H;/q-1;;;/p-2. The zero-order valence-corrected chi connectivity index (χ0v) is 23.0. The summed E-state index contributed by atoms with van der Waals surface area (Å²) in [4.78, 5) is 0. The first-order valence-corrected chi connectivity index (χ1v) is 10.1. The Hall–Kier alpha value is -0.0699. The van der Waals surface area contributed by atoms with Gasteiger partial charge in [-0.15, -0.1) is 34.3 Å². The minimum absolute atomic E-state index is 0. The van der Waals surface area contributed by atoms with Gasteiger partial charge in [0.1, 0.15) is 0 Å². The smallest absolute Gasteiger partial charge is 0 e. The average Bonchev–Trinajstić information content (AvgIpc) is 2.87. The van der Waals surface area contributed by atoms with Crippen LogP contribution in [0, 0.1) is 0 Å². The van der Waals surface area contributed by atoms with Gasteiger partial charge in [-0.3, -0.25) is 0 Å². The molecule has 0 radical (unpaired) electrons. The molecule has 0 saturated carbocycles. The Morgan fingerprint density at radius 2 is 1.30 bits per heavy atom. The Bertz CT molecular complexity index is 828. The Morgan fingerprint density at radius 1 is 0.741 bits per heavy atom. The summed E-state index contributed by atoms with van der Waals surface area (Å²) in [6.45, 7) is 14.3. The monoisotopic (exact) mass is 585 g/mol. The van der Waals surface area contributed by atoms with E-state index in [2.05, 4.69) is 102 Å². The van der Waals surface area contributed by atoms with Crippen molar-refractivity contribution >= 4 is 24.0 Å². The van der Waals surface area contributed by atoms with E-state index in [1.165, 1.54) is 27.2 Å². The Morgan fingerprint density at radius 3 is 1.81 bits per heavy atom. The maximum atomic E-state index is 2.46. The second-order valence-corrected chi connectivity index (χ2v) is 12.4. The minimum atomic E-state index is -0.266. The van der Waals surface area contributed by atoms with Gasteiger partial charge in [0, 0.05) is 25.8 Å². The van der Waals surface area contributed by atoms with Crippen LogP contribution in [0.1, 0.15) is 41.5 Å². The molecule has 0 bridgehead atoms. The molecule has 4 heteroatoms. The number of fused-ring (bicyclic) bond motifs is 1. The van der Waals surface area contributed by atoms with Crippen molar-refractivity contribution in [2.24, 2.45) is 0 Å². The van der Waals surface area contributed by atoms with Gasteiger partial charge in [0.05, 0.1) is 0 Å². The Labute approximate surface area is 197 Å². The summed E-state index contributed by atoms with van der Waals surface area (Å²) in [5.41, 5.74) is 2.65. The molecular weight excluding hydrogens is 557 g/mol. The van der Waals surface area contributed by atoms with Crippen molar-refractivity contribution in [2.45, 2.75) is 51.9 Å². The first-order valence-electron chi connectivity index (χ1n) is 8.73. The van der Waals surface area contributed by atoms with Gasteiger partial charge in [0.15, 0.2) is 0 Å². The van der Waals surface area contributed by atoms with Gasteiger partial charge in [-0.05, 0) is 15.9 Å². The Balaban J connectivity index is 0.00000225. The molecule has 0 unspecified atom stereocenters. The summed E-state index contributed by atoms with van der Waals surface area (Å²) < 4.78 is 0. The summed E-state index contributed by atoms with van der Waals surface area (Å²) >= 11 is 0. The van der Waals surface area contributed by atoms with Crippen molar-refractivity contribution in [3.05, 3.63) is 60.7 Å². The minimum Gasteiger partial charge on any atom is -1.00 e. The first-order chi connectivity index (χ1) is 11.2. The van der Waals surface area contributed by atoms with Crippen LogP contribution < -0.4 is 30.1 Å². The molecule has 0 aliphatic heterocycles. The molecule has 0 amide bonds.